The van der Waals surface area contributed by atoms with Crippen molar-refractivity contribution in [1.82, 2.24) is 9.97 Å². The average molecular weight is 312 g/mol. The van der Waals surface area contributed by atoms with Crippen LogP contribution in [-0.4, -0.2) is 29.0 Å². The Labute approximate surface area is 135 Å². The number of rotatable bonds is 0. The normalized spacial score (nSPS) is 15.0. The van der Waals surface area contributed by atoms with E-state index < -0.39 is 0 Å². The van der Waals surface area contributed by atoms with E-state index in [0.717, 1.165) is 17.9 Å². The summed E-state index contributed by atoms with van der Waals surface area (Å²) < 4.78 is 5.19. The molecule has 6 nitrogen and oxygen atoms in total. The highest BCUT2D eigenvalue weighted by atomic mass is 16.5. The molecule has 4 heterocycles. The van der Waals surface area contributed by atoms with Gasteiger partial charge in [-0.15, -0.1) is 0 Å². The largest absolute Gasteiger partial charge is 0.480 e. The highest BCUT2D eigenvalue weighted by Crippen LogP contribution is 2.28. The maximum absolute atomic E-state index is 10.9. The van der Waals surface area contributed by atoms with Crippen LogP contribution in [0, 0.1) is 13.8 Å². The summed E-state index contributed by atoms with van der Waals surface area (Å²) in [6.07, 6.45) is 5.93. The highest BCUT2D eigenvalue weighted by Gasteiger charge is 2.17. The predicted molar refractivity (Wildman–Crippen MR) is 88.9 cm³/mol. The summed E-state index contributed by atoms with van der Waals surface area (Å²) in [5.74, 6) is 2.14. The zero-order valence-electron chi connectivity index (χ0n) is 13.3. The van der Waals surface area contributed by atoms with Gasteiger partial charge in [0, 0.05) is 18.9 Å². The quantitative estimate of drug-likeness (QED) is 0.781. The number of nitrogens with one attached hydrogen (secondary N) is 2. The minimum absolute atomic E-state index is 0.0829. The first kappa shape index (κ1) is 15.3. The van der Waals surface area contributed by atoms with E-state index in [2.05, 4.69) is 33.6 Å². The van der Waals surface area contributed by atoms with Crippen LogP contribution in [0.2, 0.25) is 0 Å². The van der Waals surface area contributed by atoms with Gasteiger partial charge in [-0.05, 0) is 55.5 Å². The van der Waals surface area contributed by atoms with Crippen LogP contribution < -0.4 is 15.4 Å². The van der Waals surface area contributed by atoms with E-state index >= 15 is 0 Å². The first-order valence-electron chi connectivity index (χ1n) is 7.72. The van der Waals surface area contributed by atoms with E-state index in [-0.39, 0.29) is 12.5 Å². The molecular formula is C17H20N4O2. The fourth-order valence-corrected chi connectivity index (χ4v) is 2.65. The maximum atomic E-state index is 10.9. The van der Waals surface area contributed by atoms with E-state index in [9.17, 15) is 4.79 Å². The Morgan fingerprint density at radius 2 is 1.83 bits per heavy atom. The summed E-state index contributed by atoms with van der Waals surface area (Å²) in [6.45, 7) is 5.22. The number of hydrogen-bond donors (Lipinski definition) is 2. The summed E-state index contributed by atoms with van der Waals surface area (Å²) >= 11 is 0. The Morgan fingerprint density at radius 1 is 1.09 bits per heavy atom. The van der Waals surface area contributed by atoms with Crippen LogP contribution in [0.3, 0.4) is 0 Å². The number of carbonyl (C=O) groups excluding carboxylic acids is 1. The van der Waals surface area contributed by atoms with Crippen LogP contribution >= 0.6 is 0 Å². The second-order valence-corrected chi connectivity index (χ2v) is 5.63. The summed E-state index contributed by atoms with van der Waals surface area (Å²) in [4.78, 5) is 19.1. The van der Waals surface area contributed by atoms with Crippen molar-refractivity contribution < 1.29 is 9.53 Å². The van der Waals surface area contributed by atoms with Crippen molar-refractivity contribution in [2.75, 3.05) is 23.8 Å². The molecule has 0 saturated heterocycles. The number of carbonyl (C=O) groups is 1. The third-order valence-corrected chi connectivity index (χ3v) is 3.89. The number of nitrogens with zero attached hydrogens (tertiary/aromatic N) is 2. The molecule has 0 aromatic carbocycles. The van der Waals surface area contributed by atoms with Gasteiger partial charge in [-0.1, -0.05) is 0 Å². The number of fused-ring (bicyclic) bond motifs is 2. The minimum atomic E-state index is -0.152. The van der Waals surface area contributed by atoms with E-state index in [1.807, 2.05) is 19.2 Å². The smallest absolute Gasteiger partial charge is 0.263 e. The van der Waals surface area contributed by atoms with Crippen LogP contribution in [0.5, 0.6) is 5.75 Å². The Morgan fingerprint density at radius 3 is 2.61 bits per heavy atom. The van der Waals surface area contributed by atoms with Gasteiger partial charge in [-0.2, -0.15) is 0 Å². The molecule has 0 bridgehead atoms. The van der Waals surface area contributed by atoms with Crippen LogP contribution in [0.4, 0.5) is 11.6 Å². The van der Waals surface area contributed by atoms with Gasteiger partial charge in [0.25, 0.3) is 5.91 Å². The molecule has 2 aromatic rings. The van der Waals surface area contributed by atoms with Gasteiger partial charge in [0.1, 0.15) is 5.82 Å². The molecule has 0 fully saturated rings. The van der Waals surface area contributed by atoms with Gasteiger partial charge in [-0.25, -0.2) is 9.97 Å². The second-order valence-electron chi connectivity index (χ2n) is 5.63. The number of pyridine rings is 2. The lowest BCUT2D eigenvalue weighted by molar-refractivity contribution is -0.118. The van der Waals surface area contributed by atoms with Crippen LogP contribution in [0.25, 0.3) is 0 Å². The molecule has 0 aliphatic carbocycles. The van der Waals surface area contributed by atoms with E-state index in [0.29, 0.717) is 11.6 Å². The first-order chi connectivity index (χ1) is 11.1. The van der Waals surface area contributed by atoms with Crippen molar-refractivity contribution in [3.05, 3.63) is 41.2 Å². The first-order valence-corrected chi connectivity index (χ1v) is 7.72. The molecule has 120 valence electrons. The number of ether oxygens (including phenoxy) is 1. The Kier molecular flexibility index (Phi) is 4.41. The van der Waals surface area contributed by atoms with Crippen LogP contribution in [-0.2, 0) is 11.2 Å². The lowest BCUT2D eigenvalue weighted by atomic mass is 10.0. The zero-order valence-corrected chi connectivity index (χ0v) is 13.3. The molecule has 1 amide bonds. The van der Waals surface area contributed by atoms with Crippen molar-refractivity contribution >= 4 is 17.5 Å². The minimum Gasteiger partial charge on any atom is -0.480 e. The van der Waals surface area contributed by atoms with Crippen LogP contribution in [0.1, 0.15) is 23.1 Å². The van der Waals surface area contributed by atoms with E-state index in [4.69, 9.17) is 4.74 Å². The average Bonchev–Trinajstić information content (AvgIpc) is 2.56. The lowest BCUT2D eigenvalue weighted by Crippen LogP contribution is -2.26. The summed E-state index contributed by atoms with van der Waals surface area (Å²) in [6, 6.07) is 3.92. The molecule has 23 heavy (non-hydrogen) atoms. The van der Waals surface area contributed by atoms with Crippen molar-refractivity contribution in [2.45, 2.75) is 26.7 Å². The number of aryl methyl sites for hydroxylation is 2. The molecule has 0 radical (unpaired) electrons. The van der Waals surface area contributed by atoms with Crippen molar-refractivity contribution in [2.24, 2.45) is 0 Å². The molecule has 2 N–H and O–H groups in total. The van der Waals surface area contributed by atoms with Gasteiger partial charge >= 0.3 is 0 Å². The van der Waals surface area contributed by atoms with Crippen molar-refractivity contribution in [3.63, 3.8) is 0 Å². The summed E-state index contributed by atoms with van der Waals surface area (Å²) in [5, 5.41) is 5.92. The van der Waals surface area contributed by atoms with Gasteiger partial charge in [0.05, 0.1) is 0 Å². The third kappa shape index (κ3) is 3.41. The number of aromatic nitrogens is 2. The number of amides is 1. The Balaban J connectivity index is 0.000000136. The third-order valence-electron chi connectivity index (χ3n) is 3.89. The second kappa shape index (κ2) is 6.64. The molecule has 2 aromatic heterocycles. The molecule has 4 rings (SSSR count). The van der Waals surface area contributed by atoms with E-state index in [1.165, 1.54) is 24.0 Å². The number of hydrogen-bond acceptors (Lipinski definition) is 5. The Bertz CT molecular complexity index is 731. The fraction of sp³-hybridized carbons (Fsp3) is 0.353. The standard InChI is InChI=1S/C9H12N2.C8H8N2O2/c1-7-4-6-11-9-8(7)3-2-5-10-9;1-5-2-3-9-8-7(5)12-4-6(11)10-8/h4,6H,2-3,5H2,1H3,(H,10,11);2-3H,4H2,1H3,(H,9,10,11). The van der Waals surface area contributed by atoms with Crippen LogP contribution in [0.15, 0.2) is 24.5 Å². The molecule has 2 aliphatic heterocycles. The van der Waals surface area contributed by atoms with Crippen molar-refractivity contribution in [1.29, 1.82) is 0 Å². The summed E-state index contributed by atoms with van der Waals surface area (Å²) in [5.41, 5.74) is 3.75. The molecule has 0 saturated carbocycles. The van der Waals surface area contributed by atoms with Gasteiger partial charge in [0.15, 0.2) is 18.2 Å². The topological polar surface area (TPSA) is 76.1 Å². The molecule has 6 heteroatoms. The molecule has 0 unspecified atom stereocenters. The Hall–Kier alpha value is -2.63. The monoisotopic (exact) mass is 312 g/mol. The summed E-state index contributed by atoms with van der Waals surface area (Å²) in [7, 11) is 0. The molecular weight excluding hydrogens is 292 g/mol. The molecule has 2 aliphatic rings. The zero-order chi connectivity index (χ0) is 16.2. The number of anilines is 2. The maximum Gasteiger partial charge on any atom is 0.263 e. The highest BCUT2D eigenvalue weighted by molar-refractivity contribution is 5.94. The van der Waals surface area contributed by atoms with Crippen molar-refractivity contribution in [3.8, 4) is 5.75 Å². The van der Waals surface area contributed by atoms with E-state index in [1.54, 1.807) is 6.20 Å². The SMILES string of the molecule is Cc1ccnc2c1CCCN2.Cc1ccnc2c1OCC(=O)N2. The van der Waals surface area contributed by atoms with Gasteiger partial charge < -0.3 is 15.4 Å². The molecule has 0 atom stereocenters. The lowest BCUT2D eigenvalue weighted by Gasteiger charge is -2.17. The predicted octanol–water partition coefficient (Wildman–Crippen LogP) is 2.47. The fourth-order valence-electron chi connectivity index (χ4n) is 2.65. The molecule has 0 spiro atoms. The van der Waals surface area contributed by atoms with Gasteiger partial charge in [0.2, 0.25) is 0 Å². The van der Waals surface area contributed by atoms with Gasteiger partial charge in [-0.3, -0.25) is 4.79 Å².